The molecule has 0 aliphatic carbocycles. The molecule has 3 nitrogen and oxygen atoms in total. The van der Waals surface area contributed by atoms with Crippen LogP contribution in [0.5, 0.6) is 5.75 Å². The molecule has 0 spiro atoms. The molecule has 0 radical (unpaired) electrons. The Morgan fingerprint density at radius 1 is 0.950 bits per heavy atom. The van der Waals surface area contributed by atoms with Crippen molar-refractivity contribution in [3.8, 4) is 5.75 Å². The third kappa shape index (κ3) is 3.60. The second kappa shape index (κ2) is 6.75. The van der Waals surface area contributed by atoms with E-state index in [0.717, 1.165) is 17.7 Å². The van der Waals surface area contributed by atoms with Crippen molar-refractivity contribution in [2.75, 3.05) is 7.11 Å². The molecule has 0 N–H and O–H groups in total. The number of ether oxygens (including phenoxy) is 2. The fourth-order valence-electron chi connectivity index (χ4n) is 1.83. The Labute approximate surface area is 119 Å². The van der Waals surface area contributed by atoms with Crippen molar-refractivity contribution in [2.24, 2.45) is 0 Å². The maximum atomic E-state index is 11.9. The van der Waals surface area contributed by atoms with Gasteiger partial charge in [0.05, 0.1) is 12.7 Å². The predicted octanol–water partition coefficient (Wildman–Crippen LogP) is 3.61. The van der Waals surface area contributed by atoms with Gasteiger partial charge in [-0.15, -0.1) is 0 Å². The zero-order chi connectivity index (χ0) is 14.4. The monoisotopic (exact) mass is 270 g/mol. The van der Waals surface area contributed by atoms with Crippen LogP contribution >= 0.6 is 0 Å². The minimum Gasteiger partial charge on any atom is -0.497 e. The Morgan fingerprint density at radius 3 is 2.10 bits per heavy atom. The highest BCUT2D eigenvalue weighted by Gasteiger charge is 2.07. The third-order valence-electron chi connectivity index (χ3n) is 3.13. The van der Waals surface area contributed by atoms with E-state index in [-0.39, 0.29) is 12.6 Å². The van der Waals surface area contributed by atoms with Gasteiger partial charge in [0.1, 0.15) is 12.4 Å². The molecule has 0 unspecified atom stereocenters. The Kier molecular flexibility index (Phi) is 4.77. The number of esters is 1. The molecule has 0 heterocycles. The fourth-order valence-corrected chi connectivity index (χ4v) is 1.83. The second-order valence-electron chi connectivity index (χ2n) is 4.47. The zero-order valence-corrected chi connectivity index (χ0v) is 11.8. The Balaban J connectivity index is 1.93. The molecule has 0 saturated carbocycles. The van der Waals surface area contributed by atoms with Crippen LogP contribution in [0.25, 0.3) is 0 Å². The maximum Gasteiger partial charge on any atom is 0.338 e. The average Bonchev–Trinajstić information content (AvgIpc) is 2.53. The summed E-state index contributed by atoms with van der Waals surface area (Å²) in [6.45, 7) is 2.34. The molecule has 0 aliphatic heterocycles. The molecule has 0 fully saturated rings. The van der Waals surface area contributed by atoms with Crippen molar-refractivity contribution in [3.05, 3.63) is 65.2 Å². The van der Waals surface area contributed by atoms with Gasteiger partial charge in [0, 0.05) is 0 Å². The van der Waals surface area contributed by atoms with E-state index >= 15 is 0 Å². The summed E-state index contributed by atoms with van der Waals surface area (Å²) in [5, 5.41) is 0. The lowest BCUT2D eigenvalue weighted by Gasteiger charge is -2.06. The number of methoxy groups -OCH3 is 1. The number of benzene rings is 2. The first-order valence-electron chi connectivity index (χ1n) is 6.62. The van der Waals surface area contributed by atoms with E-state index in [1.165, 1.54) is 5.56 Å². The van der Waals surface area contributed by atoms with Gasteiger partial charge in [-0.05, 0) is 41.8 Å². The Morgan fingerprint density at radius 2 is 1.55 bits per heavy atom. The summed E-state index contributed by atoms with van der Waals surface area (Å²) < 4.78 is 10.4. The Bertz CT molecular complexity index is 556. The van der Waals surface area contributed by atoms with Crippen LogP contribution < -0.4 is 4.74 Å². The number of carbonyl (C=O) groups is 1. The van der Waals surface area contributed by atoms with Gasteiger partial charge in [0.2, 0.25) is 0 Å². The van der Waals surface area contributed by atoms with Gasteiger partial charge in [-0.25, -0.2) is 4.79 Å². The summed E-state index contributed by atoms with van der Waals surface area (Å²) in [6, 6.07) is 15.0. The summed E-state index contributed by atoms with van der Waals surface area (Å²) in [7, 11) is 1.62. The molecule has 0 aromatic heterocycles. The minimum absolute atomic E-state index is 0.262. The normalized spacial score (nSPS) is 10.1. The molecule has 104 valence electrons. The van der Waals surface area contributed by atoms with Crippen LogP contribution in [0.3, 0.4) is 0 Å². The van der Waals surface area contributed by atoms with Crippen molar-refractivity contribution in [1.29, 1.82) is 0 Å². The van der Waals surface area contributed by atoms with Gasteiger partial charge in [-0.3, -0.25) is 0 Å². The van der Waals surface area contributed by atoms with E-state index in [1.54, 1.807) is 19.2 Å². The first kappa shape index (κ1) is 14.1. The van der Waals surface area contributed by atoms with Crippen LogP contribution in [0.2, 0.25) is 0 Å². The first-order valence-corrected chi connectivity index (χ1v) is 6.62. The molecule has 20 heavy (non-hydrogen) atoms. The van der Waals surface area contributed by atoms with Crippen molar-refractivity contribution in [1.82, 2.24) is 0 Å². The SMILES string of the molecule is CCc1ccc(C(=O)OCc2ccc(OC)cc2)cc1. The molecule has 0 saturated heterocycles. The van der Waals surface area contributed by atoms with Gasteiger partial charge in [0.15, 0.2) is 0 Å². The lowest BCUT2D eigenvalue weighted by molar-refractivity contribution is 0.0472. The molecule has 2 aromatic carbocycles. The van der Waals surface area contributed by atoms with Crippen molar-refractivity contribution in [3.63, 3.8) is 0 Å². The number of hydrogen-bond donors (Lipinski definition) is 0. The van der Waals surface area contributed by atoms with Crippen LogP contribution in [0, 0.1) is 0 Å². The highest BCUT2D eigenvalue weighted by molar-refractivity contribution is 5.89. The van der Waals surface area contributed by atoms with Crippen molar-refractivity contribution in [2.45, 2.75) is 20.0 Å². The largest absolute Gasteiger partial charge is 0.497 e. The van der Waals surface area contributed by atoms with E-state index < -0.39 is 0 Å². The molecular weight excluding hydrogens is 252 g/mol. The van der Waals surface area contributed by atoms with E-state index in [2.05, 4.69) is 6.92 Å². The van der Waals surface area contributed by atoms with Crippen LogP contribution in [0.1, 0.15) is 28.4 Å². The van der Waals surface area contributed by atoms with Crippen LogP contribution in [0.15, 0.2) is 48.5 Å². The maximum absolute atomic E-state index is 11.9. The van der Waals surface area contributed by atoms with Gasteiger partial charge in [0.25, 0.3) is 0 Å². The van der Waals surface area contributed by atoms with Crippen LogP contribution in [-0.2, 0) is 17.8 Å². The topological polar surface area (TPSA) is 35.5 Å². The molecule has 0 amide bonds. The average molecular weight is 270 g/mol. The highest BCUT2D eigenvalue weighted by Crippen LogP contribution is 2.13. The lowest BCUT2D eigenvalue weighted by atomic mass is 10.1. The zero-order valence-electron chi connectivity index (χ0n) is 11.8. The smallest absolute Gasteiger partial charge is 0.338 e. The van der Waals surface area contributed by atoms with Gasteiger partial charge >= 0.3 is 5.97 Å². The predicted molar refractivity (Wildman–Crippen MR) is 77.9 cm³/mol. The summed E-state index contributed by atoms with van der Waals surface area (Å²) in [6.07, 6.45) is 0.959. The van der Waals surface area contributed by atoms with Crippen molar-refractivity contribution >= 4 is 5.97 Å². The van der Waals surface area contributed by atoms with Crippen LogP contribution in [-0.4, -0.2) is 13.1 Å². The summed E-state index contributed by atoms with van der Waals surface area (Å²) >= 11 is 0. The molecule has 0 bridgehead atoms. The molecule has 2 aromatic rings. The van der Waals surface area contributed by atoms with Gasteiger partial charge in [-0.2, -0.15) is 0 Å². The number of hydrogen-bond acceptors (Lipinski definition) is 3. The molecular formula is C17H18O3. The van der Waals surface area contributed by atoms with Gasteiger partial charge in [-0.1, -0.05) is 31.2 Å². The molecule has 0 atom stereocenters. The molecule has 3 heteroatoms. The van der Waals surface area contributed by atoms with Crippen molar-refractivity contribution < 1.29 is 14.3 Å². The summed E-state index contributed by atoms with van der Waals surface area (Å²) in [4.78, 5) is 11.9. The molecule has 2 rings (SSSR count). The summed E-state index contributed by atoms with van der Waals surface area (Å²) in [5.41, 5.74) is 2.72. The van der Waals surface area contributed by atoms with E-state index in [4.69, 9.17) is 9.47 Å². The second-order valence-corrected chi connectivity index (χ2v) is 4.47. The highest BCUT2D eigenvalue weighted by atomic mass is 16.5. The third-order valence-corrected chi connectivity index (χ3v) is 3.13. The first-order chi connectivity index (χ1) is 9.72. The summed E-state index contributed by atoms with van der Waals surface area (Å²) in [5.74, 6) is 0.485. The minimum atomic E-state index is -0.302. The standard InChI is InChI=1S/C17H18O3/c1-3-13-4-8-15(9-5-13)17(18)20-12-14-6-10-16(19-2)11-7-14/h4-11H,3,12H2,1-2H3. The quantitative estimate of drug-likeness (QED) is 0.778. The number of aryl methyl sites for hydroxylation is 1. The van der Waals surface area contributed by atoms with E-state index in [1.807, 2.05) is 36.4 Å². The van der Waals surface area contributed by atoms with Crippen LogP contribution in [0.4, 0.5) is 0 Å². The number of carbonyl (C=O) groups excluding carboxylic acids is 1. The number of rotatable bonds is 5. The lowest BCUT2D eigenvalue weighted by Crippen LogP contribution is -2.05. The fraction of sp³-hybridized carbons (Fsp3) is 0.235. The van der Waals surface area contributed by atoms with E-state index in [9.17, 15) is 4.79 Å². The van der Waals surface area contributed by atoms with E-state index in [0.29, 0.717) is 5.56 Å². The van der Waals surface area contributed by atoms with Gasteiger partial charge < -0.3 is 9.47 Å². The Hall–Kier alpha value is -2.29. The molecule has 0 aliphatic rings.